The summed E-state index contributed by atoms with van der Waals surface area (Å²) in [5.74, 6) is 0. The van der Waals surface area contributed by atoms with Gasteiger partial charge in [0.2, 0.25) is 0 Å². The number of rotatable bonds is 12. The molecule has 0 spiro atoms. The standard InChI is InChI=1S/C19H34O/c1-2-3-4-5-6-7-8-9-10-14-17-20-18-19-15-12-11-13-16-19/h11-12,18H,2-10,13-17H2,1H3. The van der Waals surface area contributed by atoms with Gasteiger partial charge < -0.3 is 4.74 Å². The molecule has 0 aromatic carbocycles. The molecule has 0 atom stereocenters. The number of ether oxygens (including phenoxy) is 1. The van der Waals surface area contributed by atoms with Crippen LogP contribution in [0.15, 0.2) is 24.0 Å². The predicted octanol–water partition coefficient (Wildman–Crippen LogP) is 6.55. The third-order valence-electron chi connectivity index (χ3n) is 4.04. The summed E-state index contributed by atoms with van der Waals surface area (Å²) in [5, 5.41) is 0. The van der Waals surface area contributed by atoms with Crippen molar-refractivity contribution in [2.75, 3.05) is 6.61 Å². The van der Waals surface area contributed by atoms with Crippen molar-refractivity contribution in [3.05, 3.63) is 24.0 Å². The molecule has 0 bridgehead atoms. The topological polar surface area (TPSA) is 9.23 Å². The van der Waals surface area contributed by atoms with Crippen molar-refractivity contribution in [1.29, 1.82) is 0 Å². The lowest BCUT2D eigenvalue weighted by molar-refractivity contribution is 0.236. The van der Waals surface area contributed by atoms with Crippen LogP contribution in [0.5, 0.6) is 0 Å². The van der Waals surface area contributed by atoms with Gasteiger partial charge in [0.25, 0.3) is 0 Å². The van der Waals surface area contributed by atoms with Crippen LogP contribution in [0.3, 0.4) is 0 Å². The normalized spacial score (nSPS) is 16.8. The van der Waals surface area contributed by atoms with Crippen molar-refractivity contribution in [2.45, 2.75) is 90.4 Å². The second-order valence-corrected chi connectivity index (χ2v) is 6.04. The first kappa shape index (κ1) is 17.3. The molecule has 0 radical (unpaired) electrons. The molecule has 1 aliphatic carbocycles. The highest BCUT2D eigenvalue weighted by molar-refractivity contribution is 5.10. The van der Waals surface area contributed by atoms with Crippen molar-refractivity contribution in [3.8, 4) is 0 Å². The van der Waals surface area contributed by atoms with Crippen LogP contribution in [0, 0.1) is 0 Å². The highest BCUT2D eigenvalue weighted by Gasteiger charge is 1.99. The van der Waals surface area contributed by atoms with Gasteiger partial charge in [-0.3, -0.25) is 0 Å². The molecular weight excluding hydrogens is 244 g/mol. The average Bonchev–Trinajstić information content (AvgIpc) is 2.49. The average molecular weight is 278 g/mol. The summed E-state index contributed by atoms with van der Waals surface area (Å²) in [4.78, 5) is 0. The molecule has 0 N–H and O–H groups in total. The molecule has 0 aliphatic heterocycles. The van der Waals surface area contributed by atoms with E-state index in [2.05, 4.69) is 19.1 Å². The first-order chi connectivity index (χ1) is 9.93. The fourth-order valence-electron chi connectivity index (χ4n) is 2.68. The highest BCUT2D eigenvalue weighted by atomic mass is 16.5. The quantitative estimate of drug-likeness (QED) is 0.223. The maximum Gasteiger partial charge on any atom is 0.0873 e. The van der Waals surface area contributed by atoms with Gasteiger partial charge in [-0.2, -0.15) is 0 Å². The molecule has 116 valence electrons. The lowest BCUT2D eigenvalue weighted by atomic mass is 10.0. The summed E-state index contributed by atoms with van der Waals surface area (Å²) in [7, 11) is 0. The van der Waals surface area contributed by atoms with Gasteiger partial charge in [0.15, 0.2) is 0 Å². The fourth-order valence-corrected chi connectivity index (χ4v) is 2.68. The minimum absolute atomic E-state index is 0.906. The molecule has 0 unspecified atom stereocenters. The zero-order valence-corrected chi connectivity index (χ0v) is 13.5. The molecule has 0 heterocycles. The Morgan fingerprint density at radius 3 is 2.15 bits per heavy atom. The molecule has 0 aromatic heterocycles. The third-order valence-corrected chi connectivity index (χ3v) is 4.04. The summed E-state index contributed by atoms with van der Waals surface area (Å²) >= 11 is 0. The largest absolute Gasteiger partial charge is 0.501 e. The minimum Gasteiger partial charge on any atom is -0.501 e. The van der Waals surface area contributed by atoms with Crippen molar-refractivity contribution in [1.82, 2.24) is 0 Å². The Morgan fingerprint density at radius 1 is 0.900 bits per heavy atom. The third kappa shape index (κ3) is 10.1. The zero-order chi connectivity index (χ0) is 14.3. The summed E-state index contributed by atoms with van der Waals surface area (Å²) in [6, 6.07) is 0. The SMILES string of the molecule is CCCCCCCCCCCCOC=C1CC=CCC1. The monoisotopic (exact) mass is 278 g/mol. The van der Waals surface area contributed by atoms with E-state index in [9.17, 15) is 0 Å². The van der Waals surface area contributed by atoms with Crippen LogP contribution in [0.2, 0.25) is 0 Å². The van der Waals surface area contributed by atoms with Gasteiger partial charge in [0.05, 0.1) is 12.9 Å². The summed E-state index contributed by atoms with van der Waals surface area (Å²) < 4.78 is 5.65. The molecule has 0 aromatic rings. The van der Waals surface area contributed by atoms with Gasteiger partial charge in [-0.15, -0.1) is 0 Å². The van der Waals surface area contributed by atoms with Gasteiger partial charge in [-0.05, 0) is 31.3 Å². The molecule has 0 fully saturated rings. The molecule has 0 saturated heterocycles. The summed E-state index contributed by atoms with van der Waals surface area (Å²) in [6.07, 6.45) is 23.9. The molecule has 1 nitrogen and oxygen atoms in total. The maximum absolute atomic E-state index is 5.65. The van der Waals surface area contributed by atoms with E-state index in [4.69, 9.17) is 4.74 Å². The lowest BCUT2D eigenvalue weighted by Gasteiger charge is -2.08. The van der Waals surface area contributed by atoms with Crippen LogP contribution >= 0.6 is 0 Å². The van der Waals surface area contributed by atoms with Crippen LogP contribution in [-0.2, 0) is 4.74 Å². The van der Waals surface area contributed by atoms with E-state index in [1.165, 1.54) is 82.6 Å². The molecule has 1 rings (SSSR count). The second kappa shape index (κ2) is 13.3. The molecule has 1 heteroatoms. The first-order valence-electron chi connectivity index (χ1n) is 8.88. The molecule has 0 saturated carbocycles. The summed E-state index contributed by atoms with van der Waals surface area (Å²) in [6.45, 7) is 3.19. The highest BCUT2D eigenvalue weighted by Crippen LogP contribution is 2.17. The van der Waals surface area contributed by atoms with Crippen LogP contribution in [0.25, 0.3) is 0 Å². The van der Waals surface area contributed by atoms with Crippen LogP contribution in [0.4, 0.5) is 0 Å². The lowest BCUT2D eigenvalue weighted by Crippen LogP contribution is -1.93. The van der Waals surface area contributed by atoms with Crippen molar-refractivity contribution in [2.24, 2.45) is 0 Å². The van der Waals surface area contributed by atoms with Crippen molar-refractivity contribution >= 4 is 0 Å². The predicted molar refractivity (Wildman–Crippen MR) is 88.9 cm³/mol. The molecule has 0 amide bonds. The Labute approximate surface area is 126 Å². The van der Waals surface area contributed by atoms with E-state index in [0.29, 0.717) is 0 Å². The van der Waals surface area contributed by atoms with E-state index < -0.39 is 0 Å². The number of unbranched alkanes of at least 4 members (excludes halogenated alkanes) is 9. The van der Waals surface area contributed by atoms with E-state index in [0.717, 1.165) is 13.0 Å². The van der Waals surface area contributed by atoms with Crippen LogP contribution < -0.4 is 0 Å². The van der Waals surface area contributed by atoms with Gasteiger partial charge in [-0.25, -0.2) is 0 Å². The van der Waals surface area contributed by atoms with Gasteiger partial charge >= 0.3 is 0 Å². The van der Waals surface area contributed by atoms with Crippen LogP contribution in [-0.4, -0.2) is 6.61 Å². The molecular formula is C19H34O. The smallest absolute Gasteiger partial charge is 0.0873 e. The number of hydrogen-bond donors (Lipinski definition) is 0. The van der Waals surface area contributed by atoms with E-state index >= 15 is 0 Å². The Morgan fingerprint density at radius 2 is 1.55 bits per heavy atom. The van der Waals surface area contributed by atoms with E-state index in [1.54, 1.807) is 0 Å². The zero-order valence-electron chi connectivity index (χ0n) is 13.5. The Hall–Kier alpha value is -0.720. The molecule has 1 aliphatic rings. The van der Waals surface area contributed by atoms with Crippen molar-refractivity contribution < 1.29 is 4.74 Å². The van der Waals surface area contributed by atoms with Crippen LogP contribution in [0.1, 0.15) is 90.4 Å². The van der Waals surface area contributed by atoms with E-state index in [-0.39, 0.29) is 0 Å². The van der Waals surface area contributed by atoms with Crippen molar-refractivity contribution in [3.63, 3.8) is 0 Å². The Kier molecular flexibility index (Phi) is 11.5. The van der Waals surface area contributed by atoms with E-state index in [1.807, 2.05) is 6.26 Å². The van der Waals surface area contributed by atoms with Gasteiger partial charge in [-0.1, -0.05) is 76.9 Å². The number of allylic oxidation sites excluding steroid dienone is 3. The minimum atomic E-state index is 0.906. The van der Waals surface area contributed by atoms with Gasteiger partial charge in [0, 0.05) is 0 Å². The summed E-state index contributed by atoms with van der Waals surface area (Å²) in [5.41, 5.74) is 1.46. The number of hydrogen-bond acceptors (Lipinski definition) is 1. The Bertz CT molecular complexity index is 265. The fraction of sp³-hybridized carbons (Fsp3) is 0.789. The maximum atomic E-state index is 5.65. The second-order valence-electron chi connectivity index (χ2n) is 6.04. The van der Waals surface area contributed by atoms with Gasteiger partial charge in [0.1, 0.15) is 0 Å². The molecule has 20 heavy (non-hydrogen) atoms. The Balaban J connectivity index is 1.77. The first-order valence-corrected chi connectivity index (χ1v) is 8.88.